The molecule has 0 N–H and O–H groups in total. The van der Waals surface area contributed by atoms with E-state index in [0.29, 0.717) is 23.5 Å². The first kappa shape index (κ1) is 20.8. The van der Waals surface area contributed by atoms with Crippen molar-refractivity contribution in [1.29, 1.82) is 0 Å². The topological polar surface area (TPSA) is 39.9 Å². The first-order chi connectivity index (χ1) is 16.0. The average Bonchev–Trinajstić information content (AvgIpc) is 3.25. The monoisotopic (exact) mass is 445 g/mol. The molecule has 0 atom stereocenters. The molecule has 0 unspecified atom stereocenters. The van der Waals surface area contributed by atoms with Crippen LogP contribution in [-0.4, -0.2) is 21.6 Å². The van der Waals surface area contributed by atoms with Crippen LogP contribution in [0, 0.1) is 17.5 Å². The maximum absolute atomic E-state index is 14.5. The zero-order chi connectivity index (χ0) is 22.9. The molecule has 0 amide bonds. The van der Waals surface area contributed by atoms with Crippen LogP contribution in [0.2, 0.25) is 0 Å². The average molecular weight is 445 g/mol. The standard InChI is InChI=1S/C26H18F3N3O/c1-33-23-7-3-4-18(25(23)29)17-10-8-16(9-11-17)14-32-13-12-21-22(15-32)31-26(30-21)19-5-2-6-20(27)24(19)28/h2-13,15H,14H2,1H3. The second-order valence-electron chi connectivity index (χ2n) is 7.55. The smallest absolute Gasteiger partial charge is 0.172 e. The lowest BCUT2D eigenvalue weighted by Gasteiger charge is -2.10. The van der Waals surface area contributed by atoms with E-state index in [1.165, 1.54) is 19.2 Å². The van der Waals surface area contributed by atoms with Crippen molar-refractivity contribution in [2.24, 2.45) is 0 Å². The maximum atomic E-state index is 14.5. The highest BCUT2D eigenvalue weighted by Crippen LogP contribution is 2.30. The predicted molar refractivity (Wildman–Crippen MR) is 119 cm³/mol. The van der Waals surface area contributed by atoms with Gasteiger partial charge in [0.2, 0.25) is 0 Å². The number of methoxy groups -OCH3 is 1. The summed E-state index contributed by atoms with van der Waals surface area (Å²) in [4.78, 5) is 8.70. The summed E-state index contributed by atoms with van der Waals surface area (Å²) < 4.78 is 49.2. The summed E-state index contributed by atoms with van der Waals surface area (Å²) in [5.41, 5.74) is 3.42. The van der Waals surface area contributed by atoms with Gasteiger partial charge in [-0.15, -0.1) is 0 Å². The van der Waals surface area contributed by atoms with Crippen molar-refractivity contribution in [3.63, 3.8) is 0 Å². The minimum absolute atomic E-state index is 0.0260. The van der Waals surface area contributed by atoms with Gasteiger partial charge in [0, 0.05) is 24.5 Å². The van der Waals surface area contributed by atoms with Crippen LogP contribution in [0.1, 0.15) is 5.56 Å². The molecule has 0 aromatic heterocycles. The van der Waals surface area contributed by atoms with Crippen LogP contribution in [0.15, 0.2) is 79.1 Å². The molecule has 4 nitrogen and oxygen atoms in total. The van der Waals surface area contributed by atoms with Crippen molar-refractivity contribution in [3.8, 4) is 39.7 Å². The molecule has 5 rings (SSSR count). The van der Waals surface area contributed by atoms with Crippen molar-refractivity contribution in [3.05, 3.63) is 102 Å². The minimum Gasteiger partial charge on any atom is -0.494 e. The van der Waals surface area contributed by atoms with E-state index in [0.717, 1.165) is 17.2 Å². The molecule has 0 fully saturated rings. The SMILES string of the molecule is COc1cccc(-c2ccc(Cn3ccc4nc(-c5cccc(F)c5F)nc-4c3)cc2)c1F. The first-order valence-corrected chi connectivity index (χ1v) is 10.2. The van der Waals surface area contributed by atoms with Gasteiger partial charge in [-0.2, -0.15) is 0 Å². The van der Waals surface area contributed by atoms with E-state index >= 15 is 0 Å². The summed E-state index contributed by atoms with van der Waals surface area (Å²) in [7, 11) is 1.44. The Hall–Kier alpha value is -4.13. The molecule has 0 bridgehead atoms. The third-order valence-electron chi connectivity index (χ3n) is 5.43. The van der Waals surface area contributed by atoms with Crippen molar-refractivity contribution >= 4 is 0 Å². The Kier molecular flexibility index (Phi) is 5.30. The Balaban J connectivity index is 1.40. The molecule has 7 heteroatoms. The Morgan fingerprint density at radius 3 is 2.30 bits per heavy atom. The lowest BCUT2D eigenvalue weighted by molar-refractivity contribution is 0.387. The highest BCUT2D eigenvalue weighted by molar-refractivity contribution is 5.67. The molecule has 33 heavy (non-hydrogen) atoms. The fourth-order valence-corrected chi connectivity index (χ4v) is 3.74. The Labute approximate surface area is 188 Å². The fraction of sp³-hybridized carbons (Fsp3) is 0.0769. The molecular formula is C26H18F3N3O. The van der Waals surface area contributed by atoms with Crippen LogP contribution >= 0.6 is 0 Å². The second kappa shape index (κ2) is 8.43. The largest absolute Gasteiger partial charge is 0.494 e. The van der Waals surface area contributed by atoms with Gasteiger partial charge in [-0.3, -0.25) is 0 Å². The van der Waals surface area contributed by atoms with E-state index < -0.39 is 17.5 Å². The summed E-state index contributed by atoms with van der Waals surface area (Å²) >= 11 is 0. The predicted octanol–water partition coefficient (Wildman–Crippen LogP) is 6.19. The quantitative estimate of drug-likeness (QED) is 0.324. The number of pyridine rings is 1. The second-order valence-corrected chi connectivity index (χ2v) is 7.55. The summed E-state index contributed by atoms with van der Waals surface area (Å²) in [6.07, 6.45) is 3.65. The lowest BCUT2D eigenvalue weighted by Crippen LogP contribution is -2.01. The van der Waals surface area contributed by atoms with Gasteiger partial charge in [0.25, 0.3) is 0 Å². The summed E-state index contributed by atoms with van der Waals surface area (Å²) in [6.45, 7) is 0.549. The molecule has 0 spiro atoms. The molecule has 0 saturated carbocycles. The number of ether oxygens (including phenoxy) is 1. The molecule has 3 aromatic rings. The molecule has 2 aliphatic rings. The number of rotatable bonds is 5. The van der Waals surface area contributed by atoms with Crippen LogP contribution in [0.3, 0.4) is 0 Å². The number of hydrogen-bond acceptors (Lipinski definition) is 3. The zero-order valence-electron chi connectivity index (χ0n) is 17.6. The van der Waals surface area contributed by atoms with Gasteiger partial charge >= 0.3 is 0 Å². The van der Waals surface area contributed by atoms with E-state index in [1.54, 1.807) is 30.5 Å². The number of imidazole rings is 1. The molecule has 0 saturated heterocycles. The third-order valence-corrected chi connectivity index (χ3v) is 5.43. The fourth-order valence-electron chi connectivity index (χ4n) is 3.74. The van der Waals surface area contributed by atoms with E-state index in [2.05, 4.69) is 9.97 Å². The van der Waals surface area contributed by atoms with E-state index in [-0.39, 0.29) is 17.1 Å². The normalized spacial score (nSPS) is 11.2. The Morgan fingerprint density at radius 2 is 1.52 bits per heavy atom. The molecule has 2 heterocycles. The number of hydrogen-bond donors (Lipinski definition) is 0. The van der Waals surface area contributed by atoms with Gasteiger partial charge in [-0.25, -0.2) is 23.1 Å². The van der Waals surface area contributed by atoms with Gasteiger partial charge in [0.05, 0.1) is 18.4 Å². The Bertz CT molecular complexity index is 1410. The molecule has 164 valence electrons. The van der Waals surface area contributed by atoms with Crippen molar-refractivity contribution in [2.45, 2.75) is 6.54 Å². The van der Waals surface area contributed by atoms with Crippen molar-refractivity contribution in [1.82, 2.24) is 14.5 Å². The van der Waals surface area contributed by atoms with Gasteiger partial charge in [-0.05, 0) is 35.4 Å². The number of nitrogens with zero attached hydrogens (tertiary/aromatic N) is 3. The van der Waals surface area contributed by atoms with E-state index in [1.807, 2.05) is 35.0 Å². The zero-order valence-corrected chi connectivity index (χ0v) is 17.6. The van der Waals surface area contributed by atoms with Gasteiger partial charge in [-0.1, -0.05) is 42.5 Å². The number of halogens is 3. The molecule has 2 aliphatic heterocycles. The molecule has 3 aromatic carbocycles. The maximum Gasteiger partial charge on any atom is 0.172 e. The van der Waals surface area contributed by atoms with Crippen LogP contribution < -0.4 is 4.74 Å². The number of benzene rings is 3. The van der Waals surface area contributed by atoms with Crippen LogP contribution in [0.4, 0.5) is 13.2 Å². The van der Waals surface area contributed by atoms with Crippen LogP contribution in [-0.2, 0) is 6.54 Å². The van der Waals surface area contributed by atoms with E-state index in [9.17, 15) is 13.2 Å². The van der Waals surface area contributed by atoms with Crippen molar-refractivity contribution < 1.29 is 17.9 Å². The summed E-state index contributed by atoms with van der Waals surface area (Å²) in [5, 5.41) is 0. The molecule has 0 radical (unpaired) electrons. The Morgan fingerprint density at radius 1 is 0.788 bits per heavy atom. The lowest BCUT2D eigenvalue weighted by atomic mass is 10.0. The van der Waals surface area contributed by atoms with Crippen LogP contribution in [0.5, 0.6) is 5.75 Å². The first-order valence-electron chi connectivity index (χ1n) is 10.2. The van der Waals surface area contributed by atoms with Crippen molar-refractivity contribution in [2.75, 3.05) is 7.11 Å². The summed E-state index contributed by atoms with van der Waals surface area (Å²) in [5.74, 6) is -1.95. The van der Waals surface area contributed by atoms with Gasteiger partial charge in [0.15, 0.2) is 29.0 Å². The molecule has 0 aliphatic carbocycles. The van der Waals surface area contributed by atoms with Gasteiger partial charge < -0.3 is 9.30 Å². The highest BCUT2D eigenvalue weighted by Gasteiger charge is 2.17. The van der Waals surface area contributed by atoms with Crippen LogP contribution in [0.25, 0.3) is 33.9 Å². The van der Waals surface area contributed by atoms with E-state index in [4.69, 9.17) is 4.74 Å². The highest BCUT2D eigenvalue weighted by atomic mass is 19.2. The number of aromatic nitrogens is 3. The third kappa shape index (κ3) is 3.93. The number of fused-ring (bicyclic) bond motifs is 1. The van der Waals surface area contributed by atoms with Gasteiger partial charge in [0.1, 0.15) is 5.69 Å². The minimum atomic E-state index is -0.965. The molecular weight excluding hydrogens is 427 g/mol. The summed E-state index contributed by atoms with van der Waals surface area (Å²) in [6, 6.07) is 18.3.